The van der Waals surface area contributed by atoms with Crippen molar-refractivity contribution in [1.29, 1.82) is 0 Å². The third-order valence-electron chi connectivity index (χ3n) is 4.07. The van der Waals surface area contributed by atoms with Crippen LogP contribution in [-0.4, -0.2) is 26.3 Å². The lowest BCUT2D eigenvalue weighted by Crippen LogP contribution is -2.37. The molecule has 0 aromatic heterocycles. The maximum atomic E-state index is 5.80. The molecule has 0 atom stereocenters. The molecule has 1 rings (SSSR count). The zero-order chi connectivity index (χ0) is 13.3. The summed E-state index contributed by atoms with van der Waals surface area (Å²) in [5.41, 5.74) is 0.532. The van der Waals surface area contributed by atoms with Crippen LogP contribution in [0.2, 0.25) is 0 Å². The summed E-state index contributed by atoms with van der Waals surface area (Å²) in [7, 11) is 0. The molecule has 2 nitrogen and oxygen atoms in total. The molecule has 1 fully saturated rings. The van der Waals surface area contributed by atoms with Crippen LogP contribution >= 0.6 is 0 Å². The maximum Gasteiger partial charge on any atom is 0.0488 e. The van der Waals surface area contributed by atoms with Crippen molar-refractivity contribution in [3.63, 3.8) is 0 Å². The van der Waals surface area contributed by atoms with Gasteiger partial charge >= 0.3 is 0 Å². The molecule has 0 aliphatic heterocycles. The average Bonchev–Trinajstić information content (AvgIpc) is 2.36. The van der Waals surface area contributed by atoms with E-state index in [0.717, 1.165) is 19.8 Å². The summed E-state index contributed by atoms with van der Waals surface area (Å²) in [4.78, 5) is 0. The largest absolute Gasteiger partial charge is 0.381 e. The van der Waals surface area contributed by atoms with Crippen LogP contribution < -0.4 is 5.32 Å². The average molecular weight is 255 g/mol. The lowest BCUT2D eigenvalue weighted by Gasteiger charge is -2.37. The molecule has 0 unspecified atom stereocenters. The topological polar surface area (TPSA) is 21.3 Å². The second-order valence-electron chi connectivity index (χ2n) is 6.46. The highest BCUT2D eigenvalue weighted by molar-refractivity contribution is 4.84. The van der Waals surface area contributed by atoms with E-state index >= 15 is 0 Å². The Bertz CT molecular complexity index is 197. The van der Waals surface area contributed by atoms with Crippen LogP contribution in [0.4, 0.5) is 0 Å². The van der Waals surface area contributed by atoms with Crippen molar-refractivity contribution in [2.45, 2.75) is 65.7 Å². The lowest BCUT2D eigenvalue weighted by atomic mass is 9.72. The van der Waals surface area contributed by atoms with Gasteiger partial charge in [0, 0.05) is 19.8 Å². The van der Waals surface area contributed by atoms with Gasteiger partial charge in [0.25, 0.3) is 0 Å². The molecule has 0 bridgehead atoms. The van der Waals surface area contributed by atoms with E-state index < -0.39 is 0 Å². The predicted molar refractivity (Wildman–Crippen MR) is 79.0 cm³/mol. The molecular weight excluding hydrogens is 222 g/mol. The SMILES string of the molecule is CCCNCC1(CCOCC(C)C)CCCCC1. The van der Waals surface area contributed by atoms with Crippen molar-refractivity contribution in [1.82, 2.24) is 5.32 Å². The number of ether oxygens (including phenoxy) is 1. The van der Waals surface area contributed by atoms with E-state index in [1.165, 1.54) is 51.5 Å². The van der Waals surface area contributed by atoms with E-state index in [1.807, 2.05) is 0 Å². The van der Waals surface area contributed by atoms with Crippen LogP contribution in [0.3, 0.4) is 0 Å². The standard InChI is InChI=1S/C16H33NO/c1-4-11-17-14-16(8-6-5-7-9-16)10-12-18-13-15(2)3/h15,17H,4-14H2,1-3H3. The molecule has 0 amide bonds. The Morgan fingerprint density at radius 2 is 1.89 bits per heavy atom. The Morgan fingerprint density at radius 1 is 1.17 bits per heavy atom. The van der Waals surface area contributed by atoms with Crippen LogP contribution in [-0.2, 0) is 4.74 Å². The smallest absolute Gasteiger partial charge is 0.0488 e. The lowest BCUT2D eigenvalue weighted by molar-refractivity contribution is 0.0602. The van der Waals surface area contributed by atoms with Gasteiger partial charge in [-0.2, -0.15) is 0 Å². The van der Waals surface area contributed by atoms with Gasteiger partial charge < -0.3 is 10.1 Å². The summed E-state index contributed by atoms with van der Waals surface area (Å²) < 4.78 is 5.80. The van der Waals surface area contributed by atoms with Crippen molar-refractivity contribution in [2.24, 2.45) is 11.3 Å². The Balaban J connectivity index is 2.29. The number of hydrogen-bond acceptors (Lipinski definition) is 2. The molecule has 1 saturated carbocycles. The second-order valence-corrected chi connectivity index (χ2v) is 6.46. The predicted octanol–water partition coefficient (Wildman–Crippen LogP) is 4.00. The molecular formula is C16H33NO. The van der Waals surface area contributed by atoms with Gasteiger partial charge in [-0.3, -0.25) is 0 Å². The molecule has 0 saturated heterocycles. The highest BCUT2D eigenvalue weighted by Crippen LogP contribution is 2.38. The molecule has 0 radical (unpaired) electrons. The molecule has 2 heteroatoms. The maximum absolute atomic E-state index is 5.80. The third-order valence-corrected chi connectivity index (χ3v) is 4.07. The van der Waals surface area contributed by atoms with Gasteiger partial charge in [-0.1, -0.05) is 40.0 Å². The Hall–Kier alpha value is -0.0800. The van der Waals surface area contributed by atoms with Gasteiger partial charge in [-0.05, 0) is 43.6 Å². The minimum atomic E-state index is 0.532. The van der Waals surface area contributed by atoms with E-state index in [0.29, 0.717) is 11.3 Å². The van der Waals surface area contributed by atoms with Crippen molar-refractivity contribution in [2.75, 3.05) is 26.3 Å². The third kappa shape index (κ3) is 6.19. The zero-order valence-corrected chi connectivity index (χ0v) is 12.8. The zero-order valence-electron chi connectivity index (χ0n) is 12.8. The molecule has 0 heterocycles. The Kier molecular flexibility index (Phi) is 7.92. The quantitative estimate of drug-likeness (QED) is 0.629. The molecule has 18 heavy (non-hydrogen) atoms. The minimum absolute atomic E-state index is 0.532. The first kappa shape index (κ1) is 16.0. The fourth-order valence-electron chi connectivity index (χ4n) is 2.95. The van der Waals surface area contributed by atoms with Gasteiger partial charge in [0.1, 0.15) is 0 Å². The Labute approximate surface area is 114 Å². The first-order valence-electron chi connectivity index (χ1n) is 7.97. The molecule has 1 N–H and O–H groups in total. The van der Waals surface area contributed by atoms with Crippen molar-refractivity contribution < 1.29 is 4.74 Å². The highest BCUT2D eigenvalue weighted by atomic mass is 16.5. The monoisotopic (exact) mass is 255 g/mol. The Morgan fingerprint density at radius 3 is 2.50 bits per heavy atom. The summed E-state index contributed by atoms with van der Waals surface area (Å²) in [5.74, 6) is 0.658. The van der Waals surface area contributed by atoms with E-state index in [4.69, 9.17) is 4.74 Å². The van der Waals surface area contributed by atoms with Crippen LogP contribution in [0.5, 0.6) is 0 Å². The molecule has 108 valence electrons. The second kappa shape index (κ2) is 8.92. The first-order valence-corrected chi connectivity index (χ1v) is 7.97. The van der Waals surface area contributed by atoms with Gasteiger partial charge in [-0.25, -0.2) is 0 Å². The van der Waals surface area contributed by atoms with E-state index in [9.17, 15) is 0 Å². The number of hydrogen-bond donors (Lipinski definition) is 1. The summed E-state index contributed by atoms with van der Waals surface area (Å²) in [6.45, 7) is 10.9. The summed E-state index contributed by atoms with van der Waals surface area (Å²) in [6, 6.07) is 0. The van der Waals surface area contributed by atoms with Crippen LogP contribution in [0.1, 0.15) is 65.7 Å². The summed E-state index contributed by atoms with van der Waals surface area (Å²) >= 11 is 0. The van der Waals surface area contributed by atoms with Crippen LogP contribution in [0.25, 0.3) is 0 Å². The van der Waals surface area contributed by atoms with Gasteiger partial charge in [0.15, 0.2) is 0 Å². The summed E-state index contributed by atoms with van der Waals surface area (Å²) in [6.07, 6.45) is 9.54. The van der Waals surface area contributed by atoms with Gasteiger partial charge in [0.2, 0.25) is 0 Å². The molecule has 0 aromatic carbocycles. The van der Waals surface area contributed by atoms with Crippen LogP contribution in [0.15, 0.2) is 0 Å². The molecule has 1 aliphatic rings. The van der Waals surface area contributed by atoms with Crippen molar-refractivity contribution in [3.05, 3.63) is 0 Å². The first-order chi connectivity index (χ1) is 8.68. The minimum Gasteiger partial charge on any atom is -0.381 e. The van der Waals surface area contributed by atoms with Crippen LogP contribution in [0, 0.1) is 11.3 Å². The highest BCUT2D eigenvalue weighted by Gasteiger charge is 2.31. The number of nitrogens with one attached hydrogen (secondary N) is 1. The van der Waals surface area contributed by atoms with Gasteiger partial charge in [-0.15, -0.1) is 0 Å². The van der Waals surface area contributed by atoms with Crippen molar-refractivity contribution in [3.8, 4) is 0 Å². The van der Waals surface area contributed by atoms with E-state index in [1.54, 1.807) is 0 Å². The van der Waals surface area contributed by atoms with Crippen molar-refractivity contribution >= 4 is 0 Å². The van der Waals surface area contributed by atoms with E-state index in [-0.39, 0.29) is 0 Å². The van der Waals surface area contributed by atoms with Gasteiger partial charge in [0.05, 0.1) is 0 Å². The number of rotatable bonds is 9. The van der Waals surface area contributed by atoms with E-state index in [2.05, 4.69) is 26.1 Å². The molecule has 1 aliphatic carbocycles. The fraction of sp³-hybridized carbons (Fsp3) is 1.00. The fourth-order valence-corrected chi connectivity index (χ4v) is 2.95. The summed E-state index contributed by atoms with van der Waals surface area (Å²) in [5, 5.41) is 3.64. The molecule has 0 spiro atoms. The normalized spacial score (nSPS) is 19.3. The molecule has 0 aromatic rings.